The highest BCUT2D eigenvalue weighted by atomic mass is 16.5. The van der Waals surface area contributed by atoms with Crippen molar-refractivity contribution < 1.29 is 14.6 Å². The highest BCUT2D eigenvalue weighted by Crippen LogP contribution is 2.27. The quantitative estimate of drug-likeness (QED) is 0.381. The zero-order valence-electron chi connectivity index (χ0n) is 18.2. The normalized spacial score (nSPS) is 11.8. The molecule has 162 valence electrons. The van der Waals surface area contributed by atoms with Crippen LogP contribution in [0.25, 0.3) is 0 Å². The van der Waals surface area contributed by atoms with Gasteiger partial charge in [0.15, 0.2) is 0 Å². The zero-order chi connectivity index (χ0) is 21.9. The Hall–Kier alpha value is -3.14. The van der Waals surface area contributed by atoms with Gasteiger partial charge in [0.1, 0.15) is 11.9 Å². The van der Waals surface area contributed by atoms with Crippen LogP contribution in [0.3, 0.4) is 0 Å². The van der Waals surface area contributed by atoms with Crippen molar-refractivity contribution >= 4 is 5.97 Å². The van der Waals surface area contributed by atoms with E-state index in [0.29, 0.717) is 6.42 Å². The number of aromatic nitrogens is 1. The Balaban J connectivity index is 1.54. The summed E-state index contributed by atoms with van der Waals surface area (Å²) in [6.07, 6.45) is 7.65. The average Bonchev–Trinajstić information content (AvgIpc) is 2.81. The predicted molar refractivity (Wildman–Crippen MR) is 123 cm³/mol. The molecule has 0 saturated carbocycles. The number of pyridine rings is 1. The highest BCUT2D eigenvalue weighted by molar-refractivity contribution is 5.66. The number of rotatable bonds is 12. The van der Waals surface area contributed by atoms with Gasteiger partial charge in [-0.15, -0.1) is 0 Å². The summed E-state index contributed by atoms with van der Waals surface area (Å²) in [5.74, 6) is 0.108. The first-order valence-corrected chi connectivity index (χ1v) is 11.1. The predicted octanol–water partition coefficient (Wildman–Crippen LogP) is 6.19. The number of hydrogen-bond acceptors (Lipinski definition) is 3. The number of ether oxygens (including phenoxy) is 1. The van der Waals surface area contributed by atoms with E-state index in [1.54, 1.807) is 0 Å². The maximum atomic E-state index is 10.7. The fourth-order valence-electron chi connectivity index (χ4n) is 3.52. The molecule has 1 N–H and O–H groups in total. The molecule has 1 unspecified atom stereocenters. The number of unbranched alkanes of at least 4 members (excludes halogenated alkanes) is 1. The second-order valence-electron chi connectivity index (χ2n) is 7.85. The lowest BCUT2D eigenvalue weighted by Crippen LogP contribution is -2.07. The maximum absolute atomic E-state index is 10.7. The third kappa shape index (κ3) is 7.56. The van der Waals surface area contributed by atoms with Crippen LogP contribution in [-0.4, -0.2) is 16.1 Å². The standard InChI is InChI=1S/C27H31NO3/c1-2-3-9-26(23-7-5-4-6-8-23)31-25-17-13-21(14-18-25)10-11-22-12-15-24(28-20-22)16-19-27(29)30/h4-8,12-15,17-18,20,26H,2-3,9-11,16,19H2,1H3,(H,29,30). The van der Waals surface area contributed by atoms with E-state index in [4.69, 9.17) is 9.84 Å². The molecule has 31 heavy (non-hydrogen) atoms. The van der Waals surface area contributed by atoms with Crippen molar-refractivity contribution in [2.45, 2.75) is 58.0 Å². The van der Waals surface area contributed by atoms with E-state index in [9.17, 15) is 4.79 Å². The molecule has 2 aromatic carbocycles. The van der Waals surface area contributed by atoms with Gasteiger partial charge in [-0.3, -0.25) is 9.78 Å². The van der Waals surface area contributed by atoms with Crippen LogP contribution in [0.4, 0.5) is 0 Å². The maximum Gasteiger partial charge on any atom is 0.303 e. The van der Waals surface area contributed by atoms with Gasteiger partial charge in [0.2, 0.25) is 0 Å². The minimum atomic E-state index is -0.793. The van der Waals surface area contributed by atoms with Crippen molar-refractivity contribution in [3.63, 3.8) is 0 Å². The van der Waals surface area contributed by atoms with Crippen LogP contribution in [0, 0.1) is 0 Å². The summed E-state index contributed by atoms with van der Waals surface area (Å²) in [7, 11) is 0. The molecule has 1 heterocycles. The average molecular weight is 418 g/mol. The van der Waals surface area contributed by atoms with Crippen molar-refractivity contribution in [1.29, 1.82) is 0 Å². The molecule has 3 rings (SSSR count). The molecular weight excluding hydrogens is 386 g/mol. The molecule has 1 atom stereocenters. The van der Waals surface area contributed by atoms with Crippen molar-refractivity contribution in [3.05, 3.63) is 95.3 Å². The topological polar surface area (TPSA) is 59.4 Å². The van der Waals surface area contributed by atoms with Gasteiger partial charge in [-0.05, 0) is 60.6 Å². The number of aryl methyl sites for hydroxylation is 3. The third-order valence-corrected chi connectivity index (χ3v) is 5.38. The van der Waals surface area contributed by atoms with E-state index >= 15 is 0 Å². The van der Waals surface area contributed by atoms with Gasteiger partial charge in [-0.1, -0.05) is 61.9 Å². The van der Waals surface area contributed by atoms with Gasteiger partial charge in [0.25, 0.3) is 0 Å². The first-order valence-electron chi connectivity index (χ1n) is 11.1. The number of carboxylic acids is 1. The Morgan fingerprint density at radius 3 is 2.29 bits per heavy atom. The molecule has 4 heteroatoms. The van der Waals surface area contributed by atoms with E-state index in [0.717, 1.165) is 49.1 Å². The molecule has 0 aliphatic rings. The van der Waals surface area contributed by atoms with Crippen molar-refractivity contribution in [3.8, 4) is 5.75 Å². The molecule has 0 fully saturated rings. The van der Waals surface area contributed by atoms with E-state index in [1.165, 1.54) is 11.1 Å². The van der Waals surface area contributed by atoms with Crippen LogP contribution in [0.2, 0.25) is 0 Å². The van der Waals surface area contributed by atoms with Crippen LogP contribution in [0.5, 0.6) is 5.75 Å². The highest BCUT2D eigenvalue weighted by Gasteiger charge is 2.12. The molecule has 0 aliphatic heterocycles. The minimum Gasteiger partial charge on any atom is -0.486 e. The molecule has 0 aliphatic carbocycles. The Morgan fingerprint density at radius 2 is 1.65 bits per heavy atom. The molecule has 3 aromatic rings. The Kier molecular flexibility index (Phi) is 8.65. The van der Waals surface area contributed by atoms with Crippen LogP contribution in [0.1, 0.15) is 61.1 Å². The molecule has 0 radical (unpaired) electrons. The smallest absolute Gasteiger partial charge is 0.303 e. The largest absolute Gasteiger partial charge is 0.486 e. The monoisotopic (exact) mass is 417 g/mol. The molecule has 1 aromatic heterocycles. The SMILES string of the molecule is CCCCC(Oc1ccc(CCc2ccc(CCC(=O)O)nc2)cc1)c1ccccc1. The fourth-order valence-corrected chi connectivity index (χ4v) is 3.52. The second-order valence-corrected chi connectivity index (χ2v) is 7.85. The van der Waals surface area contributed by atoms with Crippen molar-refractivity contribution in [1.82, 2.24) is 4.98 Å². The van der Waals surface area contributed by atoms with Gasteiger partial charge < -0.3 is 9.84 Å². The van der Waals surface area contributed by atoms with Gasteiger partial charge in [0, 0.05) is 18.3 Å². The fraction of sp³-hybridized carbons (Fsp3) is 0.333. The molecule has 0 saturated heterocycles. The number of hydrogen-bond donors (Lipinski definition) is 1. The third-order valence-electron chi connectivity index (χ3n) is 5.38. The van der Waals surface area contributed by atoms with E-state index in [2.05, 4.69) is 60.4 Å². The van der Waals surface area contributed by atoms with Gasteiger partial charge in [0.05, 0.1) is 6.42 Å². The number of carboxylic acid groups (broad SMARTS) is 1. The summed E-state index contributed by atoms with van der Waals surface area (Å²) < 4.78 is 6.32. The Bertz CT molecular complexity index is 921. The van der Waals surface area contributed by atoms with Crippen LogP contribution in [-0.2, 0) is 24.1 Å². The molecule has 0 spiro atoms. The van der Waals surface area contributed by atoms with Gasteiger partial charge in [-0.25, -0.2) is 0 Å². The molecule has 0 amide bonds. The lowest BCUT2D eigenvalue weighted by molar-refractivity contribution is -0.136. The van der Waals surface area contributed by atoms with Gasteiger partial charge >= 0.3 is 5.97 Å². The summed E-state index contributed by atoms with van der Waals surface area (Å²) in [5, 5.41) is 8.77. The summed E-state index contributed by atoms with van der Waals surface area (Å²) in [6, 6.07) is 22.8. The number of carbonyl (C=O) groups is 1. The summed E-state index contributed by atoms with van der Waals surface area (Å²) in [4.78, 5) is 15.0. The van der Waals surface area contributed by atoms with E-state index in [1.807, 2.05) is 24.4 Å². The number of nitrogens with zero attached hydrogens (tertiary/aromatic N) is 1. The summed E-state index contributed by atoms with van der Waals surface area (Å²) in [6.45, 7) is 2.20. The van der Waals surface area contributed by atoms with Crippen molar-refractivity contribution in [2.24, 2.45) is 0 Å². The first-order chi connectivity index (χ1) is 15.1. The number of benzene rings is 2. The van der Waals surface area contributed by atoms with Crippen LogP contribution < -0.4 is 4.74 Å². The Labute approximate surface area is 184 Å². The van der Waals surface area contributed by atoms with E-state index < -0.39 is 5.97 Å². The Morgan fingerprint density at radius 1 is 0.935 bits per heavy atom. The zero-order valence-corrected chi connectivity index (χ0v) is 18.2. The lowest BCUT2D eigenvalue weighted by atomic mass is 10.0. The lowest BCUT2D eigenvalue weighted by Gasteiger charge is -2.19. The second kappa shape index (κ2) is 11.9. The summed E-state index contributed by atoms with van der Waals surface area (Å²) >= 11 is 0. The first kappa shape index (κ1) is 22.5. The van der Waals surface area contributed by atoms with Crippen molar-refractivity contribution in [2.75, 3.05) is 0 Å². The van der Waals surface area contributed by atoms with Gasteiger partial charge in [-0.2, -0.15) is 0 Å². The summed E-state index contributed by atoms with van der Waals surface area (Å²) in [5.41, 5.74) is 4.46. The van der Waals surface area contributed by atoms with Crippen LogP contribution >= 0.6 is 0 Å². The number of aliphatic carboxylic acids is 1. The molecular formula is C27H31NO3. The minimum absolute atomic E-state index is 0.0812. The molecule has 0 bridgehead atoms. The molecule has 4 nitrogen and oxygen atoms in total. The van der Waals surface area contributed by atoms with E-state index in [-0.39, 0.29) is 12.5 Å². The van der Waals surface area contributed by atoms with Crippen LogP contribution in [0.15, 0.2) is 72.9 Å².